The Kier molecular flexibility index (Phi) is 11.1. The van der Waals surface area contributed by atoms with Crippen LogP contribution in [0.2, 0.25) is 0 Å². The average Bonchev–Trinajstić information content (AvgIpc) is 3.03. The van der Waals surface area contributed by atoms with Crippen LogP contribution >= 0.6 is 0 Å². The van der Waals surface area contributed by atoms with Gasteiger partial charge in [-0.3, -0.25) is 19.2 Å². The van der Waals surface area contributed by atoms with E-state index in [9.17, 15) is 19.2 Å². The highest BCUT2D eigenvalue weighted by Gasteiger charge is 2.44. The normalized spacial score (nSPS) is 29.8. The Morgan fingerprint density at radius 3 is 2.02 bits per heavy atom. The van der Waals surface area contributed by atoms with E-state index in [4.69, 9.17) is 0 Å². The number of benzene rings is 1. The van der Waals surface area contributed by atoms with Crippen molar-refractivity contribution >= 4 is 23.1 Å². The fourth-order valence-electron chi connectivity index (χ4n) is 9.49. The Hall–Kier alpha value is -2.10. The van der Waals surface area contributed by atoms with Gasteiger partial charge in [-0.15, -0.1) is 0 Å². The van der Waals surface area contributed by atoms with E-state index in [1.807, 2.05) is 13.0 Å². The summed E-state index contributed by atoms with van der Waals surface area (Å²) in [4.78, 5) is 54.1. The van der Waals surface area contributed by atoms with Crippen LogP contribution in [0.4, 0.5) is 0 Å². The van der Waals surface area contributed by atoms with Crippen LogP contribution in [0.3, 0.4) is 0 Å². The smallest absolute Gasteiger partial charge is 0.142 e. The third kappa shape index (κ3) is 7.95. The second-order valence-electron chi connectivity index (χ2n) is 15.2. The average molecular weight is 589 g/mol. The lowest BCUT2D eigenvalue weighted by molar-refractivity contribution is -0.142. The fourth-order valence-corrected chi connectivity index (χ4v) is 9.49. The molecule has 0 bridgehead atoms. The maximum atomic E-state index is 14.2. The van der Waals surface area contributed by atoms with Crippen molar-refractivity contribution in [2.24, 2.45) is 40.9 Å². The molecule has 0 radical (unpaired) electrons. The highest BCUT2D eigenvalue weighted by Crippen LogP contribution is 2.45. The Balaban J connectivity index is 1.19. The fraction of sp³-hybridized carbons (Fsp3) is 0.744. The van der Waals surface area contributed by atoms with Crippen molar-refractivity contribution in [3.8, 4) is 0 Å². The number of Topliss-reactive ketones (excluding diaryl/α,β-unsaturated/α-hetero) is 4. The van der Waals surface area contributed by atoms with Gasteiger partial charge in [-0.2, -0.15) is 0 Å². The van der Waals surface area contributed by atoms with E-state index in [0.717, 1.165) is 82.5 Å². The number of unbranched alkanes of at least 4 members (excludes halogenated alkanes) is 1. The molecule has 1 aromatic rings. The molecule has 4 aliphatic rings. The monoisotopic (exact) mass is 588 g/mol. The Bertz CT molecular complexity index is 1130. The number of carbonyl (C=O) groups is 4. The van der Waals surface area contributed by atoms with Crippen LogP contribution in [-0.4, -0.2) is 23.1 Å². The molecule has 3 fully saturated rings. The molecule has 1 aromatic carbocycles. The van der Waals surface area contributed by atoms with Gasteiger partial charge in [0.05, 0.1) is 0 Å². The molecule has 2 unspecified atom stereocenters. The molecule has 0 N–H and O–H groups in total. The van der Waals surface area contributed by atoms with Crippen molar-refractivity contribution in [1.82, 2.24) is 0 Å². The third-order valence-corrected chi connectivity index (χ3v) is 12.1. The van der Waals surface area contributed by atoms with E-state index in [1.54, 1.807) is 0 Å². The number of hydrogen-bond donors (Lipinski definition) is 0. The number of carbonyl (C=O) groups excluding carboxylic acids is 4. The van der Waals surface area contributed by atoms with Crippen LogP contribution in [0.15, 0.2) is 24.3 Å². The van der Waals surface area contributed by atoms with E-state index >= 15 is 0 Å². The zero-order chi connectivity index (χ0) is 30.4. The SMILES string of the molecule is CCCCC(=O)CC(C)(CC(=O)C1CCC(C2Cc3ccccc3CC2=O)CC1)C(=O)C1CCC(C2CCCCC2)CC1. The van der Waals surface area contributed by atoms with E-state index in [-0.39, 0.29) is 47.9 Å². The summed E-state index contributed by atoms with van der Waals surface area (Å²) in [6.07, 6.45) is 18.4. The molecule has 236 valence electrons. The molecule has 2 atom stereocenters. The summed E-state index contributed by atoms with van der Waals surface area (Å²) in [7, 11) is 0. The molecular weight excluding hydrogens is 532 g/mol. The lowest BCUT2D eigenvalue weighted by Gasteiger charge is -2.39. The van der Waals surface area contributed by atoms with E-state index in [1.165, 1.54) is 43.2 Å². The highest BCUT2D eigenvalue weighted by atomic mass is 16.1. The van der Waals surface area contributed by atoms with Crippen LogP contribution in [0.25, 0.3) is 0 Å². The van der Waals surface area contributed by atoms with Gasteiger partial charge >= 0.3 is 0 Å². The first-order chi connectivity index (χ1) is 20.8. The van der Waals surface area contributed by atoms with Crippen molar-refractivity contribution in [3.63, 3.8) is 0 Å². The molecule has 5 rings (SSSR count). The first-order valence-corrected chi connectivity index (χ1v) is 18.0. The van der Waals surface area contributed by atoms with Gasteiger partial charge in [0.1, 0.15) is 23.1 Å². The zero-order valence-corrected chi connectivity index (χ0v) is 27.0. The van der Waals surface area contributed by atoms with Crippen molar-refractivity contribution in [3.05, 3.63) is 35.4 Å². The van der Waals surface area contributed by atoms with Gasteiger partial charge in [-0.1, -0.05) is 76.6 Å². The predicted octanol–water partition coefficient (Wildman–Crippen LogP) is 8.85. The molecule has 0 amide bonds. The minimum Gasteiger partial charge on any atom is -0.300 e. The molecule has 0 heterocycles. The highest BCUT2D eigenvalue weighted by molar-refractivity contribution is 5.96. The largest absolute Gasteiger partial charge is 0.300 e. The van der Waals surface area contributed by atoms with Crippen LogP contribution in [0.1, 0.15) is 141 Å². The summed E-state index contributed by atoms with van der Waals surface area (Å²) >= 11 is 0. The minimum atomic E-state index is -0.885. The van der Waals surface area contributed by atoms with E-state index < -0.39 is 5.41 Å². The van der Waals surface area contributed by atoms with Gasteiger partial charge < -0.3 is 0 Å². The van der Waals surface area contributed by atoms with Crippen LogP contribution < -0.4 is 0 Å². The van der Waals surface area contributed by atoms with Gasteiger partial charge in [0.15, 0.2) is 0 Å². The van der Waals surface area contributed by atoms with Crippen molar-refractivity contribution in [2.45, 2.75) is 142 Å². The lowest BCUT2D eigenvalue weighted by atomic mass is 9.64. The molecule has 0 aromatic heterocycles. The summed E-state index contributed by atoms with van der Waals surface area (Å²) < 4.78 is 0. The molecule has 4 aliphatic carbocycles. The van der Waals surface area contributed by atoms with Gasteiger partial charge in [0, 0.05) is 48.9 Å². The van der Waals surface area contributed by atoms with Gasteiger partial charge in [-0.25, -0.2) is 0 Å². The Labute approximate surface area is 260 Å². The van der Waals surface area contributed by atoms with E-state index in [0.29, 0.717) is 24.5 Å². The van der Waals surface area contributed by atoms with Crippen LogP contribution in [0.5, 0.6) is 0 Å². The quantitative estimate of drug-likeness (QED) is 0.245. The topological polar surface area (TPSA) is 68.3 Å². The molecule has 4 nitrogen and oxygen atoms in total. The first-order valence-electron chi connectivity index (χ1n) is 18.0. The van der Waals surface area contributed by atoms with Crippen molar-refractivity contribution < 1.29 is 19.2 Å². The third-order valence-electron chi connectivity index (χ3n) is 12.1. The molecule has 0 spiro atoms. The summed E-state index contributed by atoms with van der Waals surface area (Å²) in [5.74, 6) is 2.80. The minimum absolute atomic E-state index is 0.00690. The molecule has 3 saturated carbocycles. The second kappa shape index (κ2) is 14.8. The number of fused-ring (bicyclic) bond motifs is 1. The number of rotatable bonds is 12. The molecule has 0 saturated heterocycles. The van der Waals surface area contributed by atoms with Crippen molar-refractivity contribution in [1.29, 1.82) is 0 Å². The second-order valence-corrected chi connectivity index (χ2v) is 15.2. The summed E-state index contributed by atoms with van der Waals surface area (Å²) in [5.41, 5.74) is 1.59. The number of hydrogen-bond acceptors (Lipinski definition) is 4. The standard InChI is InChI=1S/C39H56O4/c1-3-4-14-34(40)25-39(2,38(43)31-21-15-28(16-22-31)27-10-6-5-7-11-27)26-37(42)30-19-17-29(18-20-30)35-23-32-12-8-9-13-33(32)24-36(35)41/h8-9,12-13,27-31,35H,3-7,10-11,14-26H2,1-2H3. The Morgan fingerprint density at radius 2 is 1.35 bits per heavy atom. The van der Waals surface area contributed by atoms with Crippen LogP contribution in [-0.2, 0) is 32.0 Å². The Morgan fingerprint density at radius 1 is 0.744 bits per heavy atom. The maximum Gasteiger partial charge on any atom is 0.142 e. The van der Waals surface area contributed by atoms with Gasteiger partial charge in [-0.05, 0) is 93.1 Å². The predicted molar refractivity (Wildman–Crippen MR) is 172 cm³/mol. The van der Waals surface area contributed by atoms with E-state index in [2.05, 4.69) is 25.1 Å². The van der Waals surface area contributed by atoms with Gasteiger partial charge in [0.25, 0.3) is 0 Å². The lowest BCUT2D eigenvalue weighted by Crippen LogP contribution is -2.41. The first kappa shape index (κ1) is 32.3. The molecule has 4 heteroatoms. The summed E-state index contributed by atoms with van der Waals surface area (Å²) in [6.45, 7) is 4.02. The zero-order valence-electron chi connectivity index (χ0n) is 27.0. The van der Waals surface area contributed by atoms with Gasteiger partial charge in [0.2, 0.25) is 0 Å². The molecule has 0 aliphatic heterocycles. The maximum absolute atomic E-state index is 14.2. The van der Waals surface area contributed by atoms with Crippen LogP contribution in [0, 0.1) is 40.9 Å². The number of ketones is 4. The summed E-state index contributed by atoms with van der Waals surface area (Å²) in [5, 5.41) is 0. The molecular formula is C39H56O4. The summed E-state index contributed by atoms with van der Waals surface area (Å²) in [6, 6.07) is 8.31. The molecule has 43 heavy (non-hydrogen) atoms. The van der Waals surface area contributed by atoms with Crippen molar-refractivity contribution in [2.75, 3.05) is 0 Å².